The lowest BCUT2D eigenvalue weighted by Gasteiger charge is -2.32. The van der Waals surface area contributed by atoms with Crippen LogP contribution >= 0.6 is 15.9 Å². The number of hydrogen-bond donors (Lipinski definition) is 2. The number of carbonyl (C=O) groups excluding carboxylic acids is 1. The van der Waals surface area contributed by atoms with Gasteiger partial charge in [0.25, 0.3) is 0 Å². The first-order valence-corrected chi connectivity index (χ1v) is 6.93. The second-order valence-electron chi connectivity index (χ2n) is 4.66. The lowest BCUT2D eigenvalue weighted by Crippen LogP contribution is -2.44. The number of rotatable bonds is 2. The van der Waals surface area contributed by atoms with Crippen molar-refractivity contribution in [3.8, 4) is 0 Å². The Morgan fingerprint density at radius 1 is 1.44 bits per heavy atom. The predicted molar refractivity (Wildman–Crippen MR) is 76.7 cm³/mol. The second-order valence-corrected chi connectivity index (χ2v) is 5.51. The van der Waals surface area contributed by atoms with Crippen LogP contribution in [0.5, 0.6) is 0 Å². The Bertz CT molecular complexity index is 442. The molecule has 0 atom stereocenters. The monoisotopic (exact) mass is 311 g/mol. The SMILES string of the molecule is Cc1c(Br)cccc1NC1CCN(C(N)=O)CC1. The van der Waals surface area contributed by atoms with Crippen molar-refractivity contribution in [3.05, 3.63) is 28.2 Å². The fourth-order valence-corrected chi connectivity index (χ4v) is 2.59. The number of nitrogens with two attached hydrogens (primary N) is 1. The molecule has 0 radical (unpaired) electrons. The highest BCUT2D eigenvalue weighted by molar-refractivity contribution is 9.10. The largest absolute Gasteiger partial charge is 0.382 e. The summed E-state index contributed by atoms with van der Waals surface area (Å²) in [5, 5.41) is 3.54. The number of urea groups is 1. The van der Waals surface area contributed by atoms with Gasteiger partial charge in [-0.2, -0.15) is 0 Å². The molecule has 2 rings (SSSR count). The molecule has 2 amide bonds. The van der Waals surface area contributed by atoms with Gasteiger partial charge in [0.15, 0.2) is 0 Å². The number of halogens is 1. The fraction of sp³-hybridized carbons (Fsp3) is 0.462. The van der Waals surface area contributed by atoms with Gasteiger partial charge in [0.1, 0.15) is 0 Å². The zero-order chi connectivity index (χ0) is 13.1. The molecule has 3 N–H and O–H groups in total. The molecular formula is C13H18BrN3O. The van der Waals surface area contributed by atoms with Crippen LogP contribution in [0.2, 0.25) is 0 Å². The first-order valence-electron chi connectivity index (χ1n) is 6.14. The van der Waals surface area contributed by atoms with Crippen molar-refractivity contribution in [2.24, 2.45) is 5.73 Å². The topological polar surface area (TPSA) is 58.4 Å². The van der Waals surface area contributed by atoms with Crippen molar-refractivity contribution < 1.29 is 4.79 Å². The Morgan fingerprint density at radius 3 is 2.72 bits per heavy atom. The minimum atomic E-state index is -0.313. The number of carbonyl (C=O) groups is 1. The van der Waals surface area contributed by atoms with Gasteiger partial charge in [-0.25, -0.2) is 4.79 Å². The Hall–Kier alpha value is -1.23. The third kappa shape index (κ3) is 2.96. The third-order valence-electron chi connectivity index (χ3n) is 3.43. The summed E-state index contributed by atoms with van der Waals surface area (Å²) in [7, 11) is 0. The van der Waals surface area contributed by atoms with E-state index in [1.807, 2.05) is 12.1 Å². The highest BCUT2D eigenvalue weighted by atomic mass is 79.9. The van der Waals surface area contributed by atoms with E-state index in [1.54, 1.807) is 4.90 Å². The first-order chi connectivity index (χ1) is 8.58. The van der Waals surface area contributed by atoms with Crippen LogP contribution in [0.4, 0.5) is 10.5 Å². The van der Waals surface area contributed by atoms with Gasteiger partial charge in [-0.3, -0.25) is 0 Å². The summed E-state index contributed by atoms with van der Waals surface area (Å²) in [5.74, 6) is 0. The summed E-state index contributed by atoms with van der Waals surface area (Å²) in [6.45, 7) is 3.56. The van der Waals surface area contributed by atoms with Crippen molar-refractivity contribution in [3.63, 3.8) is 0 Å². The van der Waals surface area contributed by atoms with Crippen molar-refractivity contribution in [1.29, 1.82) is 0 Å². The molecule has 1 aliphatic rings. The van der Waals surface area contributed by atoms with Gasteiger partial charge in [-0.15, -0.1) is 0 Å². The van der Waals surface area contributed by atoms with E-state index in [0.29, 0.717) is 6.04 Å². The highest BCUT2D eigenvalue weighted by Crippen LogP contribution is 2.25. The number of likely N-dealkylation sites (tertiary alicyclic amines) is 1. The van der Waals surface area contributed by atoms with Crippen LogP contribution in [-0.4, -0.2) is 30.1 Å². The Morgan fingerprint density at radius 2 is 2.11 bits per heavy atom. The molecule has 98 valence electrons. The summed E-state index contributed by atoms with van der Waals surface area (Å²) >= 11 is 3.53. The van der Waals surface area contributed by atoms with Gasteiger partial charge in [-0.1, -0.05) is 22.0 Å². The quantitative estimate of drug-likeness (QED) is 0.882. The lowest BCUT2D eigenvalue weighted by molar-refractivity contribution is 0.193. The molecule has 0 unspecified atom stereocenters. The molecule has 5 heteroatoms. The zero-order valence-electron chi connectivity index (χ0n) is 10.4. The van der Waals surface area contributed by atoms with Crippen LogP contribution in [0.25, 0.3) is 0 Å². The molecule has 0 aromatic heterocycles. The van der Waals surface area contributed by atoms with Crippen LogP contribution in [0.3, 0.4) is 0 Å². The summed E-state index contributed by atoms with van der Waals surface area (Å²) in [5.41, 5.74) is 7.64. The fourth-order valence-electron chi connectivity index (χ4n) is 2.23. The first kappa shape index (κ1) is 13.2. The number of primary amides is 1. The molecule has 0 spiro atoms. The van der Waals surface area contributed by atoms with Gasteiger partial charge in [0.2, 0.25) is 0 Å². The van der Waals surface area contributed by atoms with E-state index in [0.717, 1.165) is 36.1 Å². The Labute approximate surface area is 116 Å². The summed E-state index contributed by atoms with van der Waals surface area (Å²) in [6.07, 6.45) is 1.88. The molecule has 0 aliphatic carbocycles. The minimum absolute atomic E-state index is 0.313. The van der Waals surface area contributed by atoms with Gasteiger partial charge in [-0.05, 0) is 37.5 Å². The van der Waals surface area contributed by atoms with E-state index in [1.165, 1.54) is 5.56 Å². The molecule has 1 aromatic carbocycles. The molecule has 1 saturated heterocycles. The molecule has 0 saturated carbocycles. The number of hydrogen-bond acceptors (Lipinski definition) is 2. The van der Waals surface area contributed by atoms with Gasteiger partial charge >= 0.3 is 6.03 Å². The number of piperidine rings is 1. The average Bonchev–Trinajstić information content (AvgIpc) is 2.36. The van der Waals surface area contributed by atoms with Crippen molar-refractivity contribution in [2.75, 3.05) is 18.4 Å². The standard InChI is InChI=1S/C13H18BrN3O/c1-9-11(14)3-2-4-12(9)16-10-5-7-17(8-6-10)13(15)18/h2-4,10,16H,5-8H2,1H3,(H2,15,18). The van der Waals surface area contributed by atoms with Crippen LogP contribution in [-0.2, 0) is 0 Å². The number of nitrogens with zero attached hydrogens (tertiary/aromatic N) is 1. The van der Waals surface area contributed by atoms with E-state index in [9.17, 15) is 4.79 Å². The van der Waals surface area contributed by atoms with Crippen LogP contribution in [0.1, 0.15) is 18.4 Å². The molecule has 1 aliphatic heterocycles. The van der Waals surface area contributed by atoms with Gasteiger partial charge < -0.3 is 16.0 Å². The van der Waals surface area contributed by atoms with Crippen molar-refractivity contribution in [1.82, 2.24) is 4.90 Å². The Balaban J connectivity index is 1.96. The molecule has 18 heavy (non-hydrogen) atoms. The minimum Gasteiger partial charge on any atom is -0.382 e. The molecule has 0 bridgehead atoms. The highest BCUT2D eigenvalue weighted by Gasteiger charge is 2.21. The van der Waals surface area contributed by atoms with Crippen LogP contribution in [0, 0.1) is 6.92 Å². The van der Waals surface area contributed by atoms with Crippen LogP contribution < -0.4 is 11.1 Å². The van der Waals surface area contributed by atoms with E-state index < -0.39 is 0 Å². The normalized spacial score (nSPS) is 16.7. The summed E-state index contributed by atoms with van der Waals surface area (Å²) < 4.78 is 1.11. The van der Waals surface area contributed by atoms with E-state index in [2.05, 4.69) is 34.2 Å². The molecule has 1 heterocycles. The van der Waals surface area contributed by atoms with Gasteiger partial charge in [0.05, 0.1) is 0 Å². The maximum atomic E-state index is 11.0. The molecule has 4 nitrogen and oxygen atoms in total. The van der Waals surface area contributed by atoms with E-state index in [-0.39, 0.29) is 6.03 Å². The Kier molecular flexibility index (Phi) is 4.11. The lowest BCUT2D eigenvalue weighted by atomic mass is 10.0. The number of amides is 2. The smallest absolute Gasteiger partial charge is 0.314 e. The summed E-state index contributed by atoms with van der Waals surface area (Å²) in [4.78, 5) is 12.7. The van der Waals surface area contributed by atoms with Crippen molar-refractivity contribution in [2.45, 2.75) is 25.8 Å². The second kappa shape index (κ2) is 5.61. The number of nitrogens with one attached hydrogen (secondary N) is 1. The number of anilines is 1. The van der Waals surface area contributed by atoms with Crippen molar-refractivity contribution >= 4 is 27.6 Å². The molecule has 1 aromatic rings. The van der Waals surface area contributed by atoms with Gasteiger partial charge in [0, 0.05) is 29.3 Å². The zero-order valence-corrected chi connectivity index (χ0v) is 12.0. The van der Waals surface area contributed by atoms with E-state index >= 15 is 0 Å². The molecular weight excluding hydrogens is 294 g/mol. The van der Waals surface area contributed by atoms with Crippen LogP contribution in [0.15, 0.2) is 22.7 Å². The third-order valence-corrected chi connectivity index (χ3v) is 4.29. The van der Waals surface area contributed by atoms with E-state index in [4.69, 9.17) is 5.73 Å². The predicted octanol–water partition coefficient (Wildman–Crippen LogP) is 2.71. The summed E-state index contributed by atoms with van der Waals surface area (Å²) in [6, 6.07) is 6.25. The maximum absolute atomic E-state index is 11.0. The average molecular weight is 312 g/mol. The maximum Gasteiger partial charge on any atom is 0.314 e. The molecule has 1 fully saturated rings. The number of benzene rings is 1.